The predicted molar refractivity (Wildman–Crippen MR) is 145 cm³/mol. The zero-order valence-corrected chi connectivity index (χ0v) is 22.4. The van der Waals surface area contributed by atoms with Gasteiger partial charge in [-0.1, -0.05) is 13.3 Å². The first-order chi connectivity index (χ1) is 18.1. The van der Waals surface area contributed by atoms with Crippen molar-refractivity contribution in [1.82, 2.24) is 29.6 Å². The molecule has 5 rings (SSSR count). The molecule has 2 aliphatic heterocycles. The Hall–Kier alpha value is -2.98. The largest absolute Gasteiger partial charge is 0.496 e. The first-order valence-corrected chi connectivity index (χ1v) is 13.7. The molecule has 0 spiro atoms. The number of ether oxygens (including phenoxy) is 2. The maximum absolute atomic E-state index is 6.01. The molecule has 10 heteroatoms. The Morgan fingerprint density at radius 3 is 2.68 bits per heavy atom. The fourth-order valence-electron chi connectivity index (χ4n) is 5.65. The summed E-state index contributed by atoms with van der Waals surface area (Å²) in [5.74, 6) is 2.27. The minimum Gasteiger partial charge on any atom is -0.496 e. The Balaban J connectivity index is 1.34. The third-order valence-corrected chi connectivity index (χ3v) is 7.76. The van der Waals surface area contributed by atoms with E-state index in [9.17, 15) is 0 Å². The molecule has 200 valence electrons. The number of nitrogens with one attached hydrogen (secondary N) is 1. The van der Waals surface area contributed by atoms with Gasteiger partial charge < -0.3 is 25.4 Å². The number of hydrogen-bond acceptors (Lipinski definition) is 9. The number of methoxy groups -OCH3 is 1. The highest BCUT2D eigenvalue weighted by atomic mass is 16.5. The monoisotopic (exact) mass is 508 g/mol. The van der Waals surface area contributed by atoms with Gasteiger partial charge in [0.15, 0.2) is 5.82 Å². The number of pyridine rings is 1. The Bertz CT molecular complexity index is 1200. The van der Waals surface area contributed by atoms with E-state index >= 15 is 0 Å². The molecule has 0 bridgehead atoms. The van der Waals surface area contributed by atoms with Crippen LogP contribution in [0.4, 0.5) is 11.8 Å². The number of hydrogen-bond donors (Lipinski definition) is 2. The van der Waals surface area contributed by atoms with Crippen molar-refractivity contribution in [2.24, 2.45) is 0 Å². The Labute approximate surface area is 219 Å². The molecule has 5 heterocycles. The van der Waals surface area contributed by atoms with E-state index in [4.69, 9.17) is 25.3 Å². The second kappa shape index (κ2) is 11.6. The highest BCUT2D eigenvalue weighted by molar-refractivity contribution is 5.88. The van der Waals surface area contributed by atoms with Crippen LogP contribution in [0.1, 0.15) is 68.3 Å². The summed E-state index contributed by atoms with van der Waals surface area (Å²) < 4.78 is 13.3. The van der Waals surface area contributed by atoms with Crippen molar-refractivity contribution in [1.29, 1.82) is 0 Å². The summed E-state index contributed by atoms with van der Waals surface area (Å²) in [5.41, 5.74) is 10.5. The van der Waals surface area contributed by atoms with Crippen LogP contribution < -0.4 is 15.8 Å². The quantitative estimate of drug-likeness (QED) is 0.417. The van der Waals surface area contributed by atoms with E-state index in [0.29, 0.717) is 18.5 Å². The van der Waals surface area contributed by atoms with Gasteiger partial charge in [-0.3, -0.25) is 9.67 Å². The average Bonchev–Trinajstić information content (AvgIpc) is 3.24. The summed E-state index contributed by atoms with van der Waals surface area (Å²) >= 11 is 0. The zero-order valence-electron chi connectivity index (χ0n) is 22.4. The smallest absolute Gasteiger partial charge is 0.222 e. The van der Waals surface area contributed by atoms with E-state index in [1.54, 1.807) is 7.11 Å². The van der Waals surface area contributed by atoms with E-state index in [1.165, 1.54) is 0 Å². The van der Waals surface area contributed by atoms with Crippen molar-refractivity contribution in [2.75, 3.05) is 51.0 Å². The van der Waals surface area contributed by atoms with Crippen LogP contribution in [0, 0.1) is 6.92 Å². The van der Waals surface area contributed by atoms with Gasteiger partial charge in [-0.05, 0) is 52.1 Å². The van der Waals surface area contributed by atoms with E-state index in [1.807, 2.05) is 17.8 Å². The Morgan fingerprint density at radius 1 is 1.16 bits per heavy atom. The number of nitrogen functional groups attached to an aromatic ring is 1. The van der Waals surface area contributed by atoms with Crippen LogP contribution in [0.5, 0.6) is 5.75 Å². The molecule has 37 heavy (non-hydrogen) atoms. The molecule has 0 aromatic carbocycles. The number of aryl methyl sites for hydroxylation is 1. The molecule has 0 amide bonds. The van der Waals surface area contributed by atoms with Crippen LogP contribution in [-0.4, -0.2) is 75.6 Å². The third kappa shape index (κ3) is 5.65. The van der Waals surface area contributed by atoms with E-state index in [-0.39, 0.29) is 5.95 Å². The first-order valence-electron chi connectivity index (χ1n) is 13.7. The molecule has 3 N–H and O–H groups in total. The summed E-state index contributed by atoms with van der Waals surface area (Å²) in [4.78, 5) is 16.5. The number of anilines is 2. The minimum atomic E-state index is 0.251. The van der Waals surface area contributed by atoms with Gasteiger partial charge in [0, 0.05) is 55.2 Å². The third-order valence-electron chi connectivity index (χ3n) is 7.76. The average molecular weight is 509 g/mol. The summed E-state index contributed by atoms with van der Waals surface area (Å²) in [6.07, 6.45) is 8.65. The van der Waals surface area contributed by atoms with E-state index in [2.05, 4.69) is 33.2 Å². The van der Waals surface area contributed by atoms with E-state index < -0.39 is 0 Å². The highest BCUT2D eigenvalue weighted by Crippen LogP contribution is 2.33. The van der Waals surface area contributed by atoms with Gasteiger partial charge >= 0.3 is 0 Å². The van der Waals surface area contributed by atoms with Crippen LogP contribution in [0.2, 0.25) is 0 Å². The molecule has 3 aromatic heterocycles. The number of piperidine rings is 1. The molecule has 0 atom stereocenters. The number of rotatable bonds is 9. The van der Waals surface area contributed by atoms with Crippen molar-refractivity contribution >= 4 is 22.8 Å². The van der Waals surface area contributed by atoms with Crippen LogP contribution in [-0.2, 0) is 11.3 Å². The van der Waals surface area contributed by atoms with E-state index in [0.717, 1.165) is 111 Å². The van der Waals surface area contributed by atoms with Crippen molar-refractivity contribution in [3.8, 4) is 5.75 Å². The number of aromatic nitrogens is 5. The molecule has 3 aromatic rings. The predicted octanol–water partition coefficient (Wildman–Crippen LogP) is 3.74. The Morgan fingerprint density at radius 2 is 1.95 bits per heavy atom. The molecule has 0 radical (unpaired) electrons. The lowest BCUT2D eigenvalue weighted by molar-refractivity contribution is 0.0250. The summed E-state index contributed by atoms with van der Waals surface area (Å²) in [7, 11) is 1.73. The second-order valence-corrected chi connectivity index (χ2v) is 10.2. The standard InChI is InChI=1S/C27H40N8O2/c1-4-5-10-29-26-25-24(31-27(28)32-26)18(2)33-35(25)17-20-16-30-22(15-23(20)36-3)19-6-11-34(12-7-19)21-8-13-37-14-9-21/h15-16,19,21H,4-14,17H2,1-3H3,(H3,28,29,31,32). The summed E-state index contributed by atoms with van der Waals surface area (Å²) in [5, 5.41) is 8.20. The zero-order chi connectivity index (χ0) is 25.8. The SMILES string of the molecule is CCCCNc1nc(N)nc2c(C)nn(Cc3cnc(C4CCN(C5CCOCC5)CC4)cc3OC)c12. The number of fused-ring (bicyclic) bond motifs is 1. The topological polar surface area (TPSA) is 116 Å². The van der Waals surface area contributed by atoms with Crippen LogP contribution >= 0.6 is 0 Å². The summed E-state index contributed by atoms with van der Waals surface area (Å²) in [6.45, 7) is 9.48. The van der Waals surface area contributed by atoms with Gasteiger partial charge in [0.05, 0.1) is 19.3 Å². The van der Waals surface area contributed by atoms with Crippen LogP contribution in [0.3, 0.4) is 0 Å². The van der Waals surface area contributed by atoms with Crippen molar-refractivity contribution in [3.05, 3.63) is 29.2 Å². The van der Waals surface area contributed by atoms with Crippen molar-refractivity contribution in [2.45, 2.75) is 70.9 Å². The second-order valence-electron chi connectivity index (χ2n) is 10.2. The van der Waals surface area contributed by atoms with Gasteiger partial charge in [-0.2, -0.15) is 10.1 Å². The fourth-order valence-corrected chi connectivity index (χ4v) is 5.65. The molecular weight excluding hydrogens is 468 g/mol. The number of unbranched alkanes of at least 4 members (excludes halogenated alkanes) is 1. The molecular formula is C27H40N8O2. The normalized spacial score (nSPS) is 17.9. The van der Waals surface area contributed by atoms with Gasteiger partial charge in [0.2, 0.25) is 5.95 Å². The molecule has 0 saturated carbocycles. The van der Waals surface area contributed by atoms with Crippen molar-refractivity contribution < 1.29 is 9.47 Å². The highest BCUT2D eigenvalue weighted by Gasteiger charge is 2.28. The summed E-state index contributed by atoms with van der Waals surface area (Å²) in [6, 6.07) is 2.80. The molecule has 2 fully saturated rings. The Kier molecular flexibility index (Phi) is 8.05. The molecule has 2 aliphatic rings. The van der Waals surface area contributed by atoms with Gasteiger partial charge in [0.1, 0.15) is 16.8 Å². The number of likely N-dealkylation sites (tertiary alicyclic amines) is 1. The lowest BCUT2D eigenvalue weighted by Gasteiger charge is -2.39. The number of nitrogens with two attached hydrogens (primary N) is 1. The fraction of sp³-hybridized carbons (Fsp3) is 0.630. The van der Waals surface area contributed by atoms with Crippen LogP contribution in [0.25, 0.3) is 11.0 Å². The minimum absolute atomic E-state index is 0.251. The van der Waals surface area contributed by atoms with Gasteiger partial charge in [0.25, 0.3) is 0 Å². The van der Waals surface area contributed by atoms with Crippen LogP contribution in [0.15, 0.2) is 12.3 Å². The molecule has 0 unspecified atom stereocenters. The van der Waals surface area contributed by atoms with Gasteiger partial charge in [-0.15, -0.1) is 0 Å². The number of nitrogens with zero attached hydrogens (tertiary/aromatic N) is 6. The maximum atomic E-state index is 6.01. The first kappa shape index (κ1) is 25.7. The molecule has 2 saturated heterocycles. The lowest BCUT2D eigenvalue weighted by Crippen LogP contribution is -2.43. The maximum Gasteiger partial charge on any atom is 0.222 e. The van der Waals surface area contributed by atoms with Crippen molar-refractivity contribution in [3.63, 3.8) is 0 Å². The molecule has 10 nitrogen and oxygen atoms in total. The van der Waals surface area contributed by atoms with Gasteiger partial charge in [-0.25, -0.2) is 4.98 Å². The lowest BCUT2D eigenvalue weighted by atomic mass is 9.91. The molecule has 0 aliphatic carbocycles.